The first kappa shape index (κ1) is 24.3. The third kappa shape index (κ3) is 6.04. The third-order valence-corrected chi connectivity index (χ3v) is 8.09. The number of rotatable bonds is 7. The van der Waals surface area contributed by atoms with Crippen LogP contribution < -0.4 is 5.32 Å². The molecule has 1 saturated heterocycles. The fourth-order valence-electron chi connectivity index (χ4n) is 5.83. The monoisotopic (exact) mass is 497 g/mol. The van der Waals surface area contributed by atoms with Gasteiger partial charge in [0.15, 0.2) is 5.58 Å². The van der Waals surface area contributed by atoms with Crippen LogP contribution in [-0.2, 0) is 11.2 Å². The zero-order valence-electron chi connectivity index (χ0n) is 20.0. The minimum Gasteiger partial charge on any atom is -0.356 e. The first-order valence-corrected chi connectivity index (χ1v) is 13.2. The van der Waals surface area contributed by atoms with Crippen molar-refractivity contribution in [2.75, 3.05) is 26.2 Å². The fraction of sp³-hybridized carbons (Fsp3) is 0.500. The number of nitrogens with one attached hydrogen (secondary N) is 1. The van der Waals surface area contributed by atoms with Gasteiger partial charge in [-0.3, -0.25) is 4.79 Å². The van der Waals surface area contributed by atoms with Gasteiger partial charge in [0, 0.05) is 35.5 Å². The molecule has 0 bridgehead atoms. The van der Waals surface area contributed by atoms with Gasteiger partial charge in [-0.15, -0.1) is 0 Å². The lowest BCUT2D eigenvalue weighted by atomic mass is 9.78. The summed E-state index contributed by atoms with van der Waals surface area (Å²) in [6.45, 7) is 3.92. The minimum atomic E-state index is -0.293. The van der Waals surface area contributed by atoms with Crippen LogP contribution in [0.25, 0.3) is 11.0 Å². The molecule has 0 radical (unpaired) electrons. The number of carbonyl (C=O) groups excluding carboxylic acids is 1. The fourth-order valence-corrected chi connectivity index (χ4v) is 5.96. The van der Waals surface area contributed by atoms with Crippen molar-refractivity contribution in [3.8, 4) is 0 Å². The number of amides is 1. The number of halogens is 2. The van der Waals surface area contributed by atoms with Gasteiger partial charge in [0.2, 0.25) is 5.91 Å². The Bertz CT molecular complexity index is 1140. The molecule has 1 saturated carbocycles. The van der Waals surface area contributed by atoms with Crippen LogP contribution in [0, 0.1) is 17.7 Å². The van der Waals surface area contributed by atoms with Gasteiger partial charge in [-0.25, -0.2) is 4.39 Å². The van der Waals surface area contributed by atoms with Gasteiger partial charge in [0.1, 0.15) is 5.82 Å². The summed E-state index contributed by atoms with van der Waals surface area (Å²) in [6.07, 6.45) is 7.41. The summed E-state index contributed by atoms with van der Waals surface area (Å²) in [6, 6.07) is 12.2. The van der Waals surface area contributed by atoms with Crippen LogP contribution in [0.5, 0.6) is 0 Å². The molecule has 35 heavy (non-hydrogen) atoms. The Hall–Kier alpha value is -2.44. The Morgan fingerprint density at radius 2 is 1.80 bits per heavy atom. The SMILES string of the molecule is O=C(Cc1ccc(Cl)cc1)NC[C@@H]1CCCC[C@H]1CN1CCC(c2noc3cc(F)ccc23)CC1. The average molecular weight is 498 g/mol. The normalized spacial score (nSPS) is 21.9. The average Bonchev–Trinajstić information content (AvgIpc) is 3.28. The Morgan fingerprint density at radius 1 is 1.06 bits per heavy atom. The zero-order valence-corrected chi connectivity index (χ0v) is 20.8. The van der Waals surface area contributed by atoms with E-state index in [2.05, 4.69) is 15.4 Å². The minimum absolute atomic E-state index is 0.0807. The van der Waals surface area contributed by atoms with Crippen molar-refractivity contribution in [2.45, 2.75) is 50.9 Å². The molecule has 7 heteroatoms. The molecule has 5 rings (SSSR count). The number of aromatic nitrogens is 1. The summed E-state index contributed by atoms with van der Waals surface area (Å²) in [4.78, 5) is 15.1. The second-order valence-electron chi connectivity index (χ2n) is 10.2. The lowest BCUT2D eigenvalue weighted by molar-refractivity contribution is -0.120. The molecule has 2 heterocycles. The van der Waals surface area contributed by atoms with E-state index in [-0.39, 0.29) is 11.7 Å². The predicted molar refractivity (Wildman–Crippen MR) is 136 cm³/mol. The molecule has 1 aliphatic carbocycles. The first-order chi connectivity index (χ1) is 17.0. The van der Waals surface area contributed by atoms with Crippen molar-refractivity contribution in [3.63, 3.8) is 0 Å². The molecule has 2 fully saturated rings. The van der Waals surface area contributed by atoms with E-state index in [1.54, 1.807) is 6.07 Å². The largest absolute Gasteiger partial charge is 0.356 e. The van der Waals surface area contributed by atoms with E-state index >= 15 is 0 Å². The highest BCUT2D eigenvalue weighted by atomic mass is 35.5. The summed E-state index contributed by atoms with van der Waals surface area (Å²) in [5.41, 5.74) is 2.49. The quantitative estimate of drug-likeness (QED) is 0.437. The van der Waals surface area contributed by atoms with E-state index in [0.29, 0.717) is 34.8 Å². The maximum Gasteiger partial charge on any atom is 0.224 e. The van der Waals surface area contributed by atoms with E-state index in [4.69, 9.17) is 16.1 Å². The third-order valence-electron chi connectivity index (χ3n) is 7.83. The van der Waals surface area contributed by atoms with Crippen molar-refractivity contribution in [1.82, 2.24) is 15.4 Å². The highest BCUT2D eigenvalue weighted by molar-refractivity contribution is 6.30. The van der Waals surface area contributed by atoms with Crippen LogP contribution in [-0.4, -0.2) is 42.1 Å². The van der Waals surface area contributed by atoms with Crippen molar-refractivity contribution >= 4 is 28.5 Å². The van der Waals surface area contributed by atoms with Crippen molar-refractivity contribution < 1.29 is 13.7 Å². The number of carbonyl (C=O) groups is 1. The molecular formula is C28H33ClFN3O2. The number of hydrogen-bond acceptors (Lipinski definition) is 4. The molecular weight excluding hydrogens is 465 g/mol. The maximum atomic E-state index is 13.5. The van der Waals surface area contributed by atoms with E-state index in [0.717, 1.165) is 55.7 Å². The second-order valence-corrected chi connectivity index (χ2v) is 10.6. The Kier molecular flexibility index (Phi) is 7.69. The van der Waals surface area contributed by atoms with Gasteiger partial charge in [-0.05, 0) is 80.4 Å². The molecule has 1 N–H and O–H groups in total. The van der Waals surface area contributed by atoms with E-state index < -0.39 is 0 Å². The van der Waals surface area contributed by atoms with Crippen molar-refractivity contribution in [2.24, 2.45) is 11.8 Å². The topological polar surface area (TPSA) is 58.4 Å². The number of hydrogen-bond donors (Lipinski definition) is 1. The molecule has 1 amide bonds. The Morgan fingerprint density at radius 3 is 2.57 bits per heavy atom. The molecule has 2 atom stereocenters. The van der Waals surface area contributed by atoms with Crippen LogP contribution in [0.3, 0.4) is 0 Å². The summed E-state index contributed by atoms with van der Waals surface area (Å²) in [5.74, 6) is 1.29. The van der Waals surface area contributed by atoms with Gasteiger partial charge in [-0.1, -0.05) is 41.7 Å². The number of nitrogens with zero attached hydrogens (tertiary/aromatic N) is 2. The number of benzene rings is 2. The van der Waals surface area contributed by atoms with Gasteiger partial charge in [0.05, 0.1) is 12.1 Å². The maximum absolute atomic E-state index is 13.5. The standard InChI is InChI=1S/C28H33ClFN3O2/c29-23-7-5-19(6-8-23)15-27(34)31-17-21-3-1-2-4-22(21)18-33-13-11-20(12-14-33)28-25-10-9-24(30)16-26(25)35-32-28/h5-10,16,20-22H,1-4,11-15,17-18H2,(H,31,34)/t21-,22-/m0/s1. The van der Waals surface area contributed by atoms with Crippen molar-refractivity contribution in [1.29, 1.82) is 0 Å². The van der Waals surface area contributed by atoms with Crippen LogP contribution >= 0.6 is 11.6 Å². The van der Waals surface area contributed by atoms with E-state index in [1.165, 1.54) is 37.8 Å². The molecule has 186 valence electrons. The summed E-state index contributed by atoms with van der Waals surface area (Å²) < 4.78 is 18.9. The number of fused-ring (bicyclic) bond motifs is 1. The molecule has 3 aromatic rings. The van der Waals surface area contributed by atoms with Crippen LogP contribution in [0.1, 0.15) is 55.7 Å². The van der Waals surface area contributed by atoms with Gasteiger partial charge in [-0.2, -0.15) is 0 Å². The number of piperidine rings is 1. The van der Waals surface area contributed by atoms with Crippen molar-refractivity contribution in [3.05, 3.63) is 64.6 Å². The molecule has 1 aliphatic heterocycles. The highest BCUT2D eigenvalue weighted by Gasteiger charge is 2.30. The molecule has 2 aromatic carbocycles. The predicted octanol–water partition coefficient (Wildman–Crippen LogP) is 5.97. The summed E-state index contributed by atoms with van der Waals surface area (Å²) in [5, 5.41) is 9.10. The second kappa shape index (κ2) is 11.1. The molecule has 5 nitrogen and oxygen atoms in total. The Labute approximate surface area is 211 Å². The summed E-state index contributed by atoms with van der Waals surface area (Å²) >= 11 is 5.94. The zero-order chi connectivity index (χ0) is 24.2. The lowest BCUT2D eigenvalue weighted by Gasteiger charge is -2.38. The lowest BCUT2D eigenvalue weighted by Crippen LogP contribution is -2.42. The molecule has 2 aliphatic rings. The van der Waals surface area contributed by atoms with Gasteiger partial charge >= 0.3 is 0 Å². The highest BCUT2D eigenvalue weighted by Crippen LogP contribution is 2.35. The number of likely N-dealkylation sites (tertiary alicyclic amines) is 1. The Balaban J connectivity index is 1.11. The van der Waals surface area contributed by atoms with Gasteiger partial charge < -0.3 is 14.7 Å². The summed E-state index contributed by atoms with van der Waals surface area (Å²) in [7, 11) is 0. The van der Waals surface area contributed by atoms with Crippen LogP contribution in [0.2, 0.25) is 5.02 Å². The molecule has 0 spiro atoms. The van der Waals surface area contributed by atoms with E-state index in [1.807, 2.05) is 24.3 Å². The van der Waals surface area contributed by atoms with Crippen LogP contribution in [0.4, 0.5) is 4.39 Å². The molecule has 1 aromatic heterocycles. The molecule has 0 unspecified atom stereocenters. The first-order valence-electron chi connectivity index (χ1n) is 12.8. The van der Waals surface area contributed by atoms with Gasteiger partial charge in [0.25, 0.3) is 0 Å². The smallest absolute Gasteiger partial charge is 0.224 e. The van der Waals surface area contributed by atoms with E-state index in [9.17, 15) is 9.18 Å². The van der Waals surface area contributed by atoms with Crippen LogP contribution in [0.15, 0.2) is 47.0 Å².